The molecular weight excluding hydrogens is 410 g/mol. The lowest BCUT2D eigenvalue weighted by Gasteiger charge is -2.18. The first-order valence-corrected chi connectivity index (χ1v) is 10.5. The highest BCUT2D eigenvalue weighted by molar-refractivity contribution is 6.01. The van der Waals surface area contributed by atoms with Crippen molar-refractivity contribution in [3.05, 3.63) is 47.5 Å². The number of ether oxygens (including phenoxy) is 2. The third-order valence-corrected chi connectivity index (χ3v) is 5.45. The van der Waals surface area contributed by atoms with Crippen LogP contribution in [0, 0.1) is 12.8 Å². The molecule has 1 atom stereocenters. The number of hydrogen-bond donors (Lipinski definition) is 2. The fraction of sp³-hybridized carbons (Fsp3) is 0.375. The number of likely N-dealkylation sites (tertiary alicyclic amines) is 1. The van der Waals surface area contributed by atoms with Crippen molar-refractivity contribution in [1.82, 2.24) is 4.90 Å². The Balaban J connectivity index is 1.61. The first kappa shape index (κ1) is 23.1. The molecule has 1 aliphatic rings. The van der Waals surface area contributed by atoms with Gasteiger partial charge in [0, 0.05) is 26.4 Å². The average molecular weight is 440 g/mol. The molecule has 0 aliphatic carbocycles. The van der Waals surface area contributed by atoms with Gasteiger partial charge < -0.3 is 25.0 Å². The van der Waals surface area contributed by atoms with Crippen molar-refractivity contribution in [1.29, 1.82) is 0 Å². The maximum absolute atomic E-state index is 12.9. The number of hydrogen-bond acceptors (Lipinski definition) is 5. The molecule has 2 N–H and O–H groups in total. The Morgan fingerprint density at radius 2 is 1.78 bits per heavy atom. The van der Waals surface area contributed by atoms with Crippen LogP contribution in [-0.2, 0) is 20.8 Å². The van der Waals surface area contributed by atoms with E-state index in [-0.39, 0.29) is 24.1 Å². The summed E-state index contributed by atoms with van der Waals surface area (Å²) < 4.78 is 10.6. The fourth-order valence-electron chi connectivity index (χ4n) is 3.76. The van der Waals surface area contributed by atoms with Gasteiger partial charge in [-0.1, -0.05) is 12.1 Å². The van der Waals surface area contributed by atoms with Crippen LogP contribution in [-0.4, -0.2) is 49.9 Å². The Kier molecular flexibility index (Phi) is 7.35. The fourth-order valence-corrected chi connectivity index (χ4v) is 3.76. The Morgan fingerprint density at radius 3 is 2.47 bits per heavy atom. The standard InChI is InChI=1S/C24H29N3O5/c1-15-5-7-19(25-16(2)28)20(11-15)26-24(30)18-13-23(29)27(14-18)10-9-17-6-8-21(31-3)22(12-17)32-4/h5-8,11-12,18H,9-10,13-14H2,1-4H3,(H,25,28)(H,26,30). The highest BCUT2D eigenvalue weighted by Crippen LogP contribution is 2.29. The predicted molar refractivity (Wildman–Crippen MR) is 122 cm³/mol. The minimum atomic E-state index is -0.446. The van der Waals surface area contributed by atoms with Crippen LogP contribution >= 0.6 is 0 Å². The summed E-state index contributed by atoms with van der Waals surface area (Å²) in [5.41, 5.74) is 3.03. The van der Waals surface area contributed by atoms with Gasteiger partial charge in [-0.05, 0) is 48.7 Å². The maximum Gasteiger partial charge on any atom is 0.229 e. The van der Waals surface area contributed by atoms with Crippen LogP contribution in [0.25, 0.3) is 0 Å². The van der Waals surface area contributed by atoms with Crippen LogP contribution in [0.5, 0.6) is 11.5 Å². The number of anilines is 2. The summed E-state index contributed by atoms with van der Waals surface area (Å²) in [6.07, 6.45) is 0.810. The lowest BCUT2D eigenvalue weighted by Crippen LogP contribution is -2.30. The molecule has 3 rings (SSSR count). The molecule has 0 saturated carbocycles. The monoisotopic (exact) mass is 439 g/mol. The van der Waals surface area contributed by atoms with Gasteiger partial charge in [0.05, 0.1) is 31.5 Å². The van der Waals surface area contributed by atoms with Gasteiger partial charge in [0.15, 0.2) is 11.5 Å². The zero-order valence-corrected chi connectivity index (χ0v) is 18.9. The zero-order chi connectivity index (χ0) is 23.3. The topological polar surface area (TPSA) is 97.0 Å². The number of carbonyl (C=O) groups is 3. The molecule has 0 bridgehead atoms. The summed E-state index contributed by atoms with van der Waals surface area (Å²) in [4.78, 5) is 38.5. The molecule has 0 aromatic heterocycles. The van der Waals surface area contributed by atoms with Gasteiger partial charge in [0.25, 0.3) is 0 Å². The van der Waals surface area contributed by atoms with Crippen molar-refractivity contribution in [2.75, 3.05) is 37.9 Å². The molecule has 2 aromatic carbocycles. The van der Waals surface area contributed by atoms with Crippen molar-refractivity contribution < 1.29 is 23.9 Å². The van der Waals surface area contributed by atoms with E-state index in [1.807, 2.05) is 31.2 Å². The molecule has 1 fully saturated rings. The summed E-state index contributed by atoms with van der Waals surface area (Å²) in [6, 6.07) is 11.1. The third-order valence-electron chi connectivity index (χ3n) is 5.45. The van der Waals surface area contributed by atoms with Gasteiger partial charge in [0.1, 0.15) is 0 Å². The van der Waals surface area contributed by atoms with Crippen LogP contribution < -0.4 is 20.1 Å². The maximum atomic E-state index is 12.9. The molecule has 170 valence electrons. The van der Waals surface area contributed by atoms with E-state index in [1.165, 1.54) is 6.92 Å². The van der Waals surface area contributed by atoms with Crippen molar-refractivity contribution in [2.45, 2.75) is 26.7 Å². The lowest BCUT2D eigenvalue weighted by molar-refractivity contribution is -0.128. The van der Waals surface area contributed by atoms with Crippen LogP contribution in [0.1, 0.15) is 24.5 Å². The first-order chi connectivity index (χ1) is 15.3. The quantitative estimate of drug-likeness (QED) is 0.659. The molecule has 0 spiro atoms. The molecular formula is C24H29N3O5. The summed E-state index contributed by atoms with van der Waals surface area (Å²) in [5.74, 6) is 0.351. The van der Waals surface area contributed by atoms with E-state index in [0.29, 0.717) is 42.4 Å². The lowest BCUT2D eigenvalue weighted by atomic mass is 10.1. The second-order valence-corrected chi connectivity index (χ2v) is 7.90. The van der Waals surface area contributed by atoms with Gasteiger partial charge in [0.2, 0.25) is 17.7 Å². The largest absolute Gasteiger partial charge is 0.493 e. The molecule has 3 amide bonds. The van der Waals surface area contributed by atoms with E-state index >= 15 is 0 Å². The number of carbonyl (C=O) groups excluding carboxylic acids is 3. The number of benzene rings is 2. The molecule has 1 heterocycles. The number of nitrogens with one attached hydrogen (secondary N) is 2. The SMILES string of the molecule is COc1ccc(CCN2CC(C(=O)Nc3cc(C)ccc3NC(C)=O)CC2=O)cc1OC. The summed E-state index contributed by atoms with van der Waals surface area (Å²) in [6.45, 7) is 4.19. The summed E-state index contributed by atoms with van der Waals surface area (Å²) >= 11 is 0. The second kappa shape index (κ2) is 10.2. The van der Waals surface area contributed by atoms with Crippen molar-refractivity contribution in [3.63, 3.8) is 0 Å². The number of rotatable bonds is 8. The minimum Gasteiger partial charge on any atom is -0.493 e. The highest BCUT2D eigenvalue weighted by atomic mass is 16.5. The Bertz CT molecular complexity index is 1020. The minimum absolute atomic E-state index is 0.0445. The molecule has 1 unspecified atom stereocenters. The van der Waals surface area contributed by atoms with Crippen LogP contribution in [0.15, 0.2) is 36.4 Å². The van der Waals surface area contributed by atoms with Gasteiger partial charge >= 0.3 is 0 Å². The predicted octanol–water partition coefficient (Wildman–Crippen LogP) is 3.00. The van der Waals surface area contributed by atoms with Gasteiger partial charge in [-0.25, -0.2) is 0 Å². The molecule has 8 heteroatoms. The van der Waals surface area contributed by atoms with E-state index < -0.39 is 5.92 Å². The highest BCUT2D eigenvalue weighted by Gasteiger charge is 2.34. The van der Waals surface area contributed by atoms with Gasteiger partial charge in [-0.15, -0.1) is 0 Å². The zero-order valence-electron chi connectivity index (χ0n) is 18.9. The van der Waals surface area contributed by atoms with E-state index in [2.05, 4.69) is 10.6 Å². The summed E-state index contributed by atoms with van der Waals surface area (Å²) in [7, 11) is 3.17. The molecule has 32 heavy (non-hydrogen) atoms. The van der Waals surface area contributed by atoms with Crippen LogP contribution in [0.2, 0.25) is 0 Å². The van der Waals surface area contributed by atoms with Crippen molar-refractivity contribution >= 4 is 29.1 Å². The van der Waals surface area contributed by atoms with Gasteiger partial charge in [-0.2, -0.15) is 0 Å². The molecule has 1 saturated heterocycles. The van der Waals surface area contributed by atoms with E-state index in [0.717, 1.165) is 11.1 Å². The smallest absolute Gasteiger partial charge is 0.229 e. The second-order valence-electron chi connectivity index (χ2n) is 7.90. The Morgan fingerprint density at radius 1 is 1.03 bits per heavy atom. The number of aryl methyl sites for hydroxylation is 1. The van der Waals surface area contributed by atoms with Gasteiger partial charge in [-0.3, -0.25) is 14.4 Å². The van der Waals surface area contributed by atoms with E-state index in [4.69, 9.17) is 9.47 Å². The van der Waals surface area contributed by atoms with Crippen molar-refractivity contribution in [3.8, 4) is 11.5 Å². The molecule has 2 aromatic rings. The average Bonchev–Trinajstić information content (AvgIpc) is 3.14. The van der Waals surface area contributed by atoms with Crippen LogP contribution in [0.3, 0.4) is 0 Å². The first-order valence-electron chi connectivity index (χ1n) is 10.5. The molecule has 0 radical (unpaired) electrons. The number of amides is 3. The van der Waals surface area contributed by atoms with Crippen molar-refractivity contribution in [2.24, 2.45) is 5.92 Å². The normalized spacial score (nSPS) is 15.4. The van der Waals surface area contributed by atoms with Crippen LogP contribution in [0.4, 0.5) is 11.4 Å². The number of nitrogens with zero attached hydrogens (tertiary/aromatic N) is 1. The molecule has 1 aliphatic heterocycles. The van der Waals surface area contributed by atoms with E-state index in [9.17, 15) is 14.4 Å². The molecule has 8 nitrogen and oxygen atoms in total. The Hall–Kier alpha value is -3.55. The van der Waals surface area contributed by atoms with E-state index in [1.54, 1.807) is 31.3 Å². The number of methoxy groups -OCH3 is 2. The third kappa shape index (κ3) is 5.57. The summed E-state index contributed by atoms with van der Waals surface area (Å²) in [5, 5.41) is 5.60. The Labute approximate surface area is 187 Å².